The summed E-state index contributed by atoms with van der Waals surface area (Å²) in [5, 5.41) is 0. The van der Waals surface area contributed by atoms with E-state index in [9.17, 15) is 4.79 Å². The zero-order chi connectivity index (χ0) is 15.1. The molecule has 0 saturated carbocycles. The molecule has 0 aliphatic heterocycles. The molecule has 1 aromatic heterocycles. The maximum atomic E-state index is 12.7. The van der Waals surface area contributed by atoms with E-state index in [-0.39, 0.29) is 17.3 Å². The number of rotatable bonds is 4. The monoisotopic (exact) mass is 278 g/mol. The van der Waals surface area contributed by atoms with Crippen LogP contribution in [0.15, 0.2) is 34.1 Å². The van der Waals surface area contributed by atoms with E-state index in [4.69, 9.17) is 13.9 Å². The van der Waals surface area contributed by atoms with Crippen molar-refractivity contribution in [3.63, 3.8) is 0 Å². The fraction of sp³-hybridized carbons (Fsp3) is 0.562. The third kappa shape index (κ3) is 1.99. The molecule has 1 atom stereocenters. The molecular weight excluding hydrogens is 256 g/mol. The first kappa shape index (κ1) is 14.9. The molecule has 0 bridgehead atoms. The third-order valence-electron chi connectivity index (χ3n) is 3.37. The maximum Gasteiger partial charge on any atom is 0.245 e. The molecule has 1 unspecified atom stereocenters. The van der Waals surface area contributed by atoms with Crippen LogP contribution in [0.2, 0.25) is 0 Å². The second-order valence-corrected chi connectivity index (χ2v) is 6.31. The number of Topliss-reactive ketones (excluding diaryl/α,β-unsaturated/α-hetero) is 1. The third-order valence-corrected chi connectivity index (χ3v) is 3.37. The van der Waals surface area contributed by atoms with Gasteiger partial charge in [0.15, 0.2) is 11.5 Å². The Morgan fingerprint density at radius 3 is 2.35 bits per heavy atom. The van der Waals surface area contributed by atoms with Gasteiger partial charge >= 0.3 is 0 Å². The average molecular weight is 278 g/mol. The SMILES string of the molecule is COC1(c2ccco2)C(=O)C(C(C)(C)C)=C1OC(C)C. The van der Waals surface area contributed by atoms with Crippen LogP contribution in [0.5, 0.6) is 0 Å². The molecule has 0 amide bonds. The molecule has 1 heterocycles. The number of furan rings is 1. The maximum absolute atomic E-state index is 12.7. The molecule has 0 spiro atoms. The summed E-state index contributed by atoms with van der Waals surface area (Å²) in [7, 11) is 1.50. The summed E-state index contributed by atoms with van der Waals surface area (Å²) in [4.78, 5) is 12.7. The van der Waals surface area contributed by atoms with Gasteiger partial charge in [-0.05, 0) is 31.4 Å². The Balaban J connectivity index is 2.60. The highest BCUT2D eigenvalue weighted by molar-refractivity contribution is 6.12. The second-order valence-electron chi connectivity index (χ2n) is 6.31. The first-order valence-corrected chi connectivity index (χ1v) is 6.81. The van der Waals surface area contributed by atoms with Gasteiger partial charge in [0.25, 0.3) is 0 Å². The molecule has 1 aliphatic rings. The van der Waals surface area contributed by atoms with Crippen LogP contribution in [-0.4, -0.2) is 19.0 Å². The molecule has 0 saturated heterocycles. The number of ether oxygens (including phenoxy) is 2. The molecule has 0 aromatic carbocycles. The smallest absolute Gasteiger partial charge is 0.245 e. The summed E-state index contributed by atoms with van der Waals surface area (Å²) in [6.45, 7) is 9.83. The Kier molecular flexibility index (Phi) is 3.54. The number of ketones is 1. The molecule has 2 rings (SSSR count). The molecule has 0 radical (unpaired) electrons. The summed E-state index contributed by atoms with van der Waals surface area (Å²) in [5.74, 6) is 0.953. The van der Waals surface area contributed by atoms with E-state index in [1.54, 1.807) is 12.1 Å². The van der Waals surface area contributed by atoms with Crippen molar-refractivity contribution in [1.29, 1.82) is 0 Å². The van der Waals surface area contributed by atoms with Gasteiger partial charge in [-0.1, -0.05) is 20.8 Å². The first-order chi connectivity index (χ1) is 9.25. The minimum absolute atomic E-state index is 0.0417. The molecule has 4 nitrogen and oxygen atoms in total. The fourth-order valence-electron chi connectivity index (χ4n) is 2.54. The highest BCUT2D eigenvalue weighted by atomic mass is 16.6. The van der Waals surface area contributed by atoms with Gasteiger partial charge in [0.1, 0.15) is 0 Å². The predicted molar refractivity (Wildman–Crippen MR) is 75.1 cm³/mol. The number of carbonyl (C=O) groups is 1. The minimum atomic E-state index is -1.23. The lowest BCUT2D eigenvalue weighted by atomic mass is 9.66. The standard InChI is InChI=1S/C16H22O4/c1-10(2)20-14-12(15(3,4)5)13(17)16(14,18-6)11-8-7-9-19-11/h7-10H,1-6H3. The molecular formula is C16H22O4. The van der Waals surface area contributed by atoms with Gasteiger partial charge in [0.05, 0.1) is 12.4 Å². The van der Waals surface area contributed by atoms with Gasteiger partial charge in [-0.2, -0.15) is 0 Å². The van der Waals surface area contributed by atoms with Crippen LogP contribution in [-0.2, 0) is 19.9 Å². The van der Waals surface area contributed by atoms with Gasteiger partial charge < -0.3 is 13.9 Å². The normalized spacial score (nSPS) is 23.2. The molecule has 0 N–H and O–H groups in total. The molecule has 20 heavy (non-hydrogen) atoms. The van der Waals surface area contributed by atoms with E-state index in [2.05, 4.69) is 0 Å². The average Bonchev–Trinajstić information content (AvgIpc) is 2.81. The summed E-state index contributed by atoms with van der Waals surface area (Å²) in [6, 6.07) is 3.48. The summed E-state index contributed by atoms with van der Waals surface area (Å²) >= 11 is 0. The summed E-state index contributed by atoms with van der Waals surface area (Å²) in [6.07, 6.45) is 1.49. The van der Waals surface area contributed by atoms with E-state index >= 15 is 0 Å². The topological polar surface area (TPSA) is 48.7 Å². The van der Waals surface area contributed by atoms with Crippen molar-refractivity contribution in [3.05, 3.63) is 35.5 Å². The fourth-order valence-corrected chi connectivity index (χ4v) is 2.54. The number of hydrogen-bond acceptors (Lipinski definition) is 4. The van der Waals surface area contributed by atoms with Crippen molar-refractivity contribution >= 4 is 5.78 Å². The molecule has 1 aliphatic carbocycles. The van der Waals surface area contributed by atoms with Gasteiger partial charge in [0, 0.05) is 12.7 Å². The Hall–Kier alpha value is -1.55. The van der Waals surface area contributed by atoms with Crippen molar-refractivity contribution in [2.24, 2.45) is 5.41 Å². The van der Waals surface area contributed by atoms with Crippen molar-refractivity contribution in [2.75, 3.05) is 7.11 Å². The van der Waals surface area contributed by atoms with Crippen LogP contribution in [0.25, 0.3) is 0 Å². The summed E-state index contributed by atoms with van der Waals surface area (Å²) < 4.78 is 16.9. The zero-order valence-electron chi connectivity index (χ0n) is 12.9. The van der Waals surface area contributed by atoms with Gasteiger partial charge in [-0.3, -0.25) is 4.79 Å². The lowest BCUT2D eigenvalue weighted by Crippen LogP contribution is -2.53. The van der Waals surface area contributed by atoms with Gasteiger partial charge in [-0.15, -0.1) is 0 Å². The predicted octanol–water partition coefficient (Wildman–Crippen LogP) is 3.43. The van der Waals surface area contributed by atoms with E-state index in [1.165, 1.54) is 13.4 Å². The van der Waals surface area contributed by atoms with Crippen LogP contribution in [0.1, 0.15) is 40.4 Å². The largest absolute Gasteiger partial charge is 0.491 e. The quantitative estimate of drug-likeness (QED) is 0.846. The van der Waals surface area contributed by atoms with Crippen LogP contribution < -0.4 is 0 Å². The Bertz CT molecular complexity index is 531. The van der Waals surface area contributed by atoms with E-state index in [1.807, 2.05) is 34.6 Å². The Morgan fingerprint density at radius 1 is 1.30 bits per heavy atom. The van der Waals surface area contributed by atoms with Crippen LogP contribution in [0, 0.1) is 5.41 Å². The number of hydrogen-bond donors (Lipinski definition) is 0. The second kappa shape index (κ2) is 4.77. The Labute approximate surface area is 119 Å². The van der Waals surface area contributed by atoms with Crippen LogP contribution in [0.4, 0.5) is 0 Å². The van der Waals surface area contributed by atoms with Crippen molar-refractivity contribution < 1.29 is 18.7 Å². The van der Waals surface area contributed by atoms with E-state index < -0.39 is 5.60 Å². The van der Waals surface area contributed by atoms with Crippen LogP contribution >= 0.6 is 0 Å². The van der Waals surface area contributed by atoms with Crippen molar-refractivity contribution in [3.8, 4) is 0 Å². The van der Waals surface area contributed by atoms with Gasteiger partial charge in [0.2, 0.25) is 11.4 Å². The lowest BCUT2D eigenvalue weighted by molar-refractivity contribution is -0.152. The Morgan fingerprint density at radius 2 is 1.95 bits per heavy atom. The highest BCUT2D eigenvalue weighted by Crippen LogP contribution is 2.52. The molecule has 1 aromatic rings. The zero-order valence-corrected chi connectivity index (χ0v) is 12.9. The number of carbonyl (C=O) groups excluding carboxylic acids is 1. The van der Waals surface area contributed by atoms with Crippen LogP contribution in [0.3, 0.4) is 0 Å². The van der Waals surface area contributed by atoms with Gasteiger partial charge in [-0.25, -0.2) is 0 Å². The van der Waals surface area contributed by atoms with E-state index in [0.717, 1.165) is 0 Å². The lowest BCUT2D eigenvalue weighted by Gasteiger charge is -2.45. The first-order valence-electron chi connectivity index (χ1n) is 6.81. The molecule has 4 heteroatoms. The molecule has 110 valence electrons. The van der Waals surface area contributed by atoms with E-state index in [0.29, 0.717) is 17.1 Å². The minimum Gasteiger partial charge on any atom is -0.491 e. The van der Waals surface area contributed by atoms with Crippen molar-refractivity contribution in [2.45, 2.75) is 46.3 Å². The highest BCUT2D eigenvalue weighted by Gasteiger charge is 2.62. The summed E-state index contributed by atoms with van der Waals surface area (Å²) in [5.41, 5.74) is -0.851. The van der Waals surface area contributed by atoms with Crippen molar-refractivity contribution in [1.82, 2.24) is 0 Å². The molecule has 0 fully saturated rings. The number of methoxy groups -OCH3 is 1.